The number of carbonyl (C=O) groups is 1. The predicted octanol–water partition coefficient (Wildman–Crippen LogP) is -0.122. The van der Waals surface area contributed by atoms with Crippen molar-refractivity contribution >= 4 is 5.91 Å². The van der Waals surface area contributed by atoms with Crippen LogP contribution in [0.5, 0.6) is 0 Å². The van der Waals surface area contributed by atoms with Gasteiger partial charge >= 0.3 is 0 Å². The molecule has 1 aliphatic heterocycles. The Bertz CT molecular complexity index is 385. The van der Waals surface area contributed by atoms with Crippen LogP contribution in [0.2, 0.25) is 0 Å². The summed E-state index contributed by atoms with van der Waals surface area (Å²) in [5, 5.41) is 10.4. The second-order valence-corrected chi connectivity index (χ2v) is 4.03. The van der Waals surface area contributed by atoms with Gasteiger partial charge in [0.25, 0.3) is 0 Å². The molecule has 1 aromatic rings. The van der Waals surface area contributed by atoms with Crippen molar-refractivity contribution in [2.24, 2.45) is 7.05 Å². The minimum atomic E-state index is -0.136. The number of rotatable bonds is 1. The Morgan fingerprint density at radius 2 is 2.33 bits per heavy atom. The molecule has 2 heterocycles. The van der Waals surface area contributed by atoms with Crippen molar-refractivity contribution in [3.63, 3.8) is 0 Å². The van der Waals surface area contributed by atoms with Crippen molar-refractivity contribution < 1.29 is 4.79 Å². The molecule has 1 fully saturated rings. The molecule has 5 heteroatoms. The van der Waals surface area contributed by atoms with E-state index in [4.69, 9.17) is 0 Å². The minimum Gasteiger partial charge on any atom is -0.353 e. The number of amides is 1. The zero-order valence-electron chi connectivity index (χ0n) is 9.24. The summed E-state index contributed by atoms with van der Waals surface area (Å²) in [6.07, 6.45) is 2.00. The molecule has 2 N–H and O–H groups in total. The van der Waals surface area contributed by atoms with Crippen LogP contribution in [0.15, 0.2) is 6.20 Å². The smallest absolute Gasteiger partial charge is 0.236 e. The molecular formula is C10H16N4O. The van der Waals surface area contributed by atoms with Gasteiger partial charge in [-0.25, -0.2) is 0 Å². The SMILES string of the molecule is Cc1nn(C)cc1C1CNC(=O)[C@@H](C)N1. The normalized spacial score (nSPS) is 26.5. The summed E-state index contributed by atoms with van der Waals surface area (Å²) in [6.45, 7) is 4.49. The van der Waals surface area contributed by atoms with Gasteiger partial charge in [-0.2, -0.15) is 5.10 Å². The van der Waals surface area contributed by atoms with E-state index in [0.717, 1.165) is 11.3 Å². The largest absolute Gasteiger partial charge is 0.353 e. The zero-order valence-corrected chi connectivity index (χ0v) is 9.24. The Hall–Kier alpha value is -1.36. The Morgan fingerprint density at radius 3 is 2.87 bits per heavy atom. The minimum absolute atomic E-state index is 0.0628. The molecule has 1 aliphatic rings. The molecule has 0 bridgehead atoms. The van der Waals surface area contributed by atoms with E-state index < -0.39 is 0 Å². The first-order valence-corrected chi connectivity index (χ1v) is 5.12. The summed E-state index contributed by atoms with van der Waals surface area (Å²) in [7, 11) is 1.90. The van der Waals surface area contributed by atoms with E-state index in [0.29, 0.717) is 6.54 Å². The van der Waals surface area contributed by atoms with E-state index in [1.165, 1.54) is 0 Å². The molecule has 0 aliphatic carbocycles. The fourth-order valence-corrected chi connectivity index (χ4v) is 1.95. The van der Waals surface area contributed by atoms with Crippen LogP contribution >= 0.6 is 0 Å². The molecular weight excluding hydrogens is 192 g/mol. The highest BCUT2D eigenvalue weighted by Gasteiger charge is 2.26. The van der Waals surface area contributed by atoms with Gasteiger partial charge in [0.2, 0.25) is 5.91 Å². The summed E-state index contributed by atoms with van der Waals surface area (Å²) in [5.41, 5.74) is 2.17. The van der Waals surface area contributed by atoms with Crippen LogP contribution in [-0.2, 0) is 11.8 Å². The van der Waals surface area contributed by atoms with Crippen LogP contribution in [0.25, 0.3) is 0 Å². The van der Waals surface area contributed by atoms with Crippen molar-refractivity contribution in [1.29, 1.82) is 0 Å². The van der Waals surface area contributed by atoms with Gasteiger partial charge in [0.05, 0.1) is 17.8 Å². The van der Waals surface area contributed by atoms with Crippen molar-refractivity contribution in [2.75, 3.05) is 6.54 Å². The van der Waals surface area contributed by atoms with E-state index in [-0.39, 0.29) is 18.0 Å². The molecule has 82 valence electrons. The van der Waals surface area contributed by atoms with Crippen molar-refractivity contribution in [1.82, 2.24) is 20.4 Å². The first kappa shape index (κ1) is 10.2. The van der Waals surface area contributed by atoms with Crippen molar-refractivity contribution in [3.8, 4) is 0 Å². The average Bonchev–Trinajstić information content (AvgIpc) is 2.50. The summed E-state index contributed by atoms with van der Waals surface area (Å²) < 4.78 is 1.80. The van der Waals surface area contributed by atoms with Crippen LogP contribution in [0.4, 0.5) is 0 Å². The fraction of sp³-hybridized carbons (Fsp3) is 0.600. The van der Waals surface area contributed by atoms with Crippen LogP contribution in [-0.4, -0.2) is 28.3 Å². The van der Waals surface area contributed by atoms with E-state index in [2.05, 4.69) is 15.7 Å². The number of aryl methyl sites for hydroxylation is 2. The quantitative estimate of drug-likeness (QED) is 0.676. The first-order valence-electron chi connectivity index (χ1n) is 5.12. The number of hydrogen-bond donors (Lipinski definition) is 2. The van der Waals surface area contributed by atoms with E-state index >= 15 is 0 Å². The van der Waals surface area contributed by atoms with Gasteiger partial charge in [-0.1, -0.05) is 0 Å². The van der Waals surface area contributed by atoms with Crippen molar-refractivity contribution in [3.05, 3.63) is 17.5 Å². The van der Waals surface area contributed by atoms with Crippen LogP contribution in [0.1, 0.15) is 24.2 Å². The lowest BCUT2D eigenvalue weighted by molar-refractivity contribution is -0.124. The van der Waals surface area contributed by atoms with Gasteiger partial charge < -0.3 is 5.32 Å². The summed E-state index contributed by atoms with van der Waals surface area (Å²) >= 11 is 0. The van der Waals surface area contributed by atoms with E-state index in [9.17, 15) is 4.79 Å². The molecule has 2 atom stereocenters. The Balaban J connectivity index is 2.18. The molecule has 1 unspecified atom stereocenters. The zero-order chi connectivity index (χ0) is 11.0. The Labute approximate surface area is 88.8 Å². The van der Waals surface area contributed by atoms with Gasteiger partial charge in [0, 0.05) is 25.4 Å². The number of hydrogen-bond acceptors (Lipinski definition) is 3. The number of piperazine rings is 1. The van der Waals surface area contributed by atoms with Crippen LogP contribution < -0.4 is 10.6 Å². The van der Waals surface area contributed by atoms with Gasteiger partial charge in [-0.05, 0) is 13.8 Å². The summed E-state index contributed by atoms with van der Waals surface area (Å²) in [5.74, 6) is 0.0628. The molecule has 2 rings (SSSR count). The van der Waals surface area contributed by atoms with Crippen LogP contribution in [0.3, 0.4) is 0 Å². The lowest BCUT2D eigenvalue weighted by atomic mass is 10.0. The molecule has 15 heavy (non-hydrogen) atoms. The fourth-order valence-electron chi connectivity index (χ4n) is 1.95. The first-order chi connectivity index (χ1) is 7.08. The third-order valence-electron chi connectivity index (χ3n) is 2.75. The number of carbonyl (C=O) groups excluding carboxylic acids is 1. The third-order valence-corrected chi connectivity index (χ3v) is 2.75. The second kappa shape index (κ2) is 3.66. The third kappa shape index (κ3) is 1.87. The second-order valence-electron chi connectivity index (χ2n) is 4.03. The Morgan fingerprint density at radius 1 is 1.60 bits per heavy atom. The summed E-state index contributed by atoms with van der Waals surface area (Å²) in [4.78, 5) is 11.3. The maximum absolute atomic E-state index is 11.3. The lowest BCUT2D eigenvalue weighted by Gasteiger charge is -2.28. The standard InChI is InChI=1S/C10H16N4O/c1-6-8(5-14(3)13-6)9-4-11-10(15)7(2)12-9/h5,7,9,12H,4H2,1-3H3,(H,11,15)/t7-,9?/m1/s1. The highest BCUT2D eigenvalue weighted by molar-refractivity contribution is 5.82. The molecule has 5 nitrogen and oxygen atoms in total. The van der Waals surface area contributed by atoms with Gasteiger partial charge in [0.1, 0.15) is 0 Å². The monoisotopic (exact) mass is 208 g/mol. The summed E-state index contributed by atoms with van der Waals surface area (Å²) in [6, 6.07) is 0.0368. The van der Waals surface area contributed by atoms with E-state index in [1.807, 2.05) is 27.1 Å². The Kier molecular flexibility index (Phi) is 2.48. The predicted molar refractivity (Wildman–Crippen MR) is 56.3 cm³/mol. The topological polar surface area (TPSA) is 59.0 Å². The lowest BCUT2D eigenvalue weighted by Crippen LogP contribution is -2.52. The van der Waals surface area contributed by atoms with Crippen molar-refractivity contribution in [2.45, 2.75) is 25.9 Å². The maximum atomic E-state index is 11.3. The molecule has 1 saturated heterocycles. The van der Waals surface area contributed by atoms with Gasteiger partial charge in [-0.15, -0.1) is 0 Å². The molecule has 0 saturated carbocycles. The molecule has 0 radical (unpaired) electrons. The average molecular weight is 208 g/mol. The van der Waals surface area contributed by atoms with Crippen LogP contribution in [0, 0.1) is 6.92 Å². The highest BCUT2D eigenvalue weighted by Crippen LogP contribution is 2.18. The maximum Gasteiger partial charge on any atom is 0.236 e. The number of nitrogens with zero attached hydrogens (tertiary/aromatic N) is 2. The molecule has 0 aromatic carbocycles. The number of aromatic nitrogens is 2. The van der Waals surface area contributed by atoms with Gasteiger partial charge in [0.15, 0.2) is 0 Å². The highest BCUT2D eigenvalue weighted by atomic mass is 16.2. The molecule has 1 amide bonds. The number of nitrogens with one attached hydrogen (secondary N) is 2. The van der Waals surface area contributed by atoms with Gasteiger partial charge in [-0.3, -0.25) is 14.8 Å². The molecule has 0 spiro atoms. The molecule has 1 aromatic heterocycles. The van der Waals surface area contributed by atoms with E-state index in [1.54, 1.807) is 4.68 Å².